The van der Waals surface area contributed by atoms with Gasteiger partial charge in [0, 0.05) is 23.6 Å². The number of aryl methyl sites for hydroxylation is 2. The Bertz CT molecular complexity index is 702. The van der Waals surface area contributed by atoms with Crippen molar-refractivity contribution in [1.29, 1.82) is 0 Å². The van der Waals surface area contributed by atoms with Gasteiger partial charge in [0.15, 0.2) is 0 Å². The summed E-state index contributed by atoms with van der Waals surface area (Å²) in [5, 5.41) is 1.50. The van der Waals surface area contributed by atoms with E-state index in [2.05, 4.69) is 4.98 Å². The number of aromatic nitrogens is 2. The topological polar surface area (TPSA) is 17.3 Å². The molecule has 0 saturated carbocycles. The molecule has 2 aromatic heterocycles. The lowest BCUT2D eigenvalue weighted by Crippen LogP contribution is -1.97. The minimum absolute atomic E-state index is 0.737. The van der Waals surface area contributed by atoms with E-state index in [4.69, 9.17) is 23.2 Å². The molecule has 0 atom stereocenters. The van der Waals surface area contributed by atoms with Gasteiger partial charge >= 0.3 is 0 Å². The van der Waals surface area contributed by atoms with E-state index < -0.39 is 0 Å². The van der Waals surface area contributed by atoms with Crippen LogP contribution in [0.5, 0.6) is 0 Å². The van der Waals surface area contributed by atoms with Crippen LogP contribution in [0.4, 0.5) is 0 Å². The molecule has 0 aliphatic rings. The number of benzene rings is 1. The first-order valence-corrected chi connectivity index (χ1v) is 6.83. The molecule has 0 saturated heterocycles. The minimum Gasteiger partial charge on any atom is -0.319 e. The third-order valence-corrected chi connectivity index (χ3v) is 3.59. The zero-order valence-electron chi connectivity index (χ0n) is 10.2. The third kappa shape index (κ3) is 2.75. The molecule has 2 heterocycles. The van der Waals surface area contributed by atoms with E-state index in [0.29, 0.717) is 0 Å². The molecule has 0 spiro atoms. The molecule has 96 valence electrons. The van der Waals surface area contributed by atoms with Crippen molar-refractivity contribution in [3.63, 3.8) is 0 Å². The summed E-state index contributed by atoms with van der Waals surface area (Å²) >= 11 is 11.9. The van der Waals surface area contributed by atoms with E-state index in [1.165, 1.54) is 5.56 Å². The normalized spacial score (nSPS) is 11.1. The fourth-order valence-electron chi connectivity index (χ4n) is 2.17. The molecule has 0 aliphatic carbocycles. The molecule has 0 fully saturated rings. The Morgan fingerprint density at radius 2 is 1.79 bits per heavy atom. The molecule has 1 aromatic carbocycles. The van der Waals surface area contributed by atoms with Crippen molar-refractivity contribution < 1.29 is 0 Å². The third-order valence-electron chi connectivity index (χ3n) is 3.13. The second-order valence-corrected chi connectivity index (χ2v) is 5.32. The Morgan fingerprint density at radius 1 is 1.00 bits per heavy atom. The smallest absolute Gasteiger partial charge is 0.0682 e. The molecule has 0 N–H and O–H groups in total. The van der Waals surface area contributed by atoms with Gasteiger partial charge in [-0.1, -0.05) is 35.3 Å². The number of hydrogen-bond donors (Lipinski definition) is 0. The van der Waals surface area contributed by atoms with Gasteiger partial charge in [-0.3, -0.25) is 4.98 Å². The summed E-state index contributed by atoms with van der Waals surface area (Å²) in [6, 6.07) is 9.88. The molecule has 0 amide bonds. The Kier molecular flexibility index (Phi) is 3.45. The Balaban J connectivity index is 1.83. The van der Waals surface area contributed by atoms with Gasteiger partial charge in [0.2, 0.25) is 0 Å². The standard InChI is InChI=1S/C15H12Cl2N2/c16-12-4-1-11(2-5-12)3-6-14-15-9-13(17)10-19(15)8-7-18-14/h1-2,4-5,7-10H,3,6H2. The maximum atomic E-state index is 6.03. The number of fused-ring (bicyclic) bond motifs is 1. The predicted molar refractivity (Wildman–Crippen MR) is 79.1 cm³/mol. The first kappa shape index (κ1) is 12.5. The molecule has 4 heteroatoms. The molecule has 3 rings (SSSR count). The van der Waals surface area contributed by atoms with E-state index in [1.54, 1.807) is 6.20 Å². The Labute approximate surface area is 121 Å². The van der Waals surface area contributed by atoms with Crippen LogP contribution in [0.2, 0.25) is 10.0 Å². The van der Waals surface area contributed by atoms with E-state index in [1.807, 2.05) is 47.1 Å². The monoisotopic (exact) mass is 290 g/mol. The number of hydrogen-bond acceptors (Lipinski definition) is 1. The molecule has 0 bridgehead atoms. The molecule has 0 aliphatic heterocycles. The molecule has 3 aromatic rings. The van der Waals surface area contributed by atoms with E-state index in [-0.39, 0.29) is 0 Å². The zero-order chi connectivity index (χ0) is 13.2. The van der Waals surface area contributed by atoms with Gasteiger partial charge in [-0.05, 0) is 36.6 Å². The Morgan fingerprint density at radius 3 is 2.58 bits per heavy atom. The molecular weight excluding hydrogens is 279 g/mol. The lowest BCUT2D eigenvalue weighted by Gasteiger charge is -2.04. The van der Waals surface area contributed by atoms with E-state index in [0.717, 1.165) is 34.1 Å². The quantitative estimate of drug-likeness (QED) is 0.698. The van der Waals surface area contributed by atoms with Crippen LogP contribution in [0.3, 0.4) is 0 Å². The van der Waals surface area contributed by atoms with Gasteiger partial charge in [0.05, 0.1) is 16.2 Å². The number of rotatable bonds is 3. The van der Waals surface area contributed by atoms with Crippen molar-refractivity contribution >= 4 is 28.7 Å². The molecular formula is C15H12Cl2N2. The van der Waals surface area contributed by atoms with Gasteiger partial charge in [-0.15, -0.1) is 0 Å². The highest BCUT2D eigenvalue weighted by Crippen LogP contribution is 2.19. The average molecular weight is 291 g/mol. The van der Waals surface area contributed by atoms with Crippen LogP contribution in [0, 0.1) is 0 Å². The summed E-state index contributed by atoms with van der Waals surface area (Å²) in [4.78, 5) is 4.45. The summed E-state index contributed by atoms with van der Waals surface area (Å²) in [6.07, 6.45) is 7.43. The van der Waals surface area contributed by atoms with Gasteiger partial charge in [-0.2, -0.15) is 0 Å². The highest BCUT2D eigenvalue weighted by atomic mass is 35.5. The first-order valence-electron chi connectivity index (χ1n) is 6.08. The van der Waals surface area contributed by atoms with Gasteiger partial charge in [-0.25, -0.2) is 0 Å². The van der Waals surface area contributed by atoms with Crippen LogP contribution in [0.25, 0.3) is 5.52 Å². The summed E-state index contributed by atoms with van der Waals surface area (Å²) < 4.78 is 2.01. The summed E-state index contributed by atoms with van der Waals surface area (Å²) in [6.45, 7) is 0. The SMILES string of the molecule is Clc1ccc(CCc2nccn3cc(Cl)cc23)cc1. The Hall–Kier alpha value is -1.51. The van der Waals surface area contributed by atoms with Crippen molar-refractivity contribution in [3.8, 4) is 0 Å². The second kappa shape index (κ2) is 5.24. The zero-order valence-corrected chi connectivity index (χ0v) is 11.7. The summed E-state index contributed by atoms with van der Waals surface area (Å²) in [7, 11) is 0. The van der Waals surface area contributed by atoms with Crippen LogP contribution >= 0.6 is 23.2 Å². The highest BCUT2D eigenvalue weighted by molar-refractivity contribution is 6.31. The molecule has 0 radical (unpaired) electrons. The number of nitrogens with zero attached hydrogens (tertiary/aromatic N) is 2. The molecule has 0 unspecified atom stereocenters. The van der Waals surface area contributed by atoms with Crippen molar-refractivity contribution in [3.05, 3.63) is 70.2 Å². The fourth-order valence-corrected chi connectivity index (χ4v) is 2.50. The summed E-state index contributed by atoms with van der Waals surface area (Å²) in [5.41, 5.74) is 3.39. The highest BCUT2D eigenvalue weighted by Gasteiger charge is 2.05. The van der Waals surface area contributed by atoms with E-state index in [9.17, 15) is 0 Å². The molecule has 19 heavy (non-hydrogen) atoms. The van der Waals surface area contributed by atoms with Crippen molar-refractivity contribution in [2.75, 3.05) is 0 Å². The molecule has 2 nitrogen and oxygen atoms in total. The van der Waals surface area contributed by atoms with Crippen LogP contribution in [0.15, 0.2) is 48.9 Å². The van der Waals surface area contributed by atoms with Gasteiger partial charge < -0.3 is 4.40 Å². The van der Waals surface area contributed by atoms with Crippen LogP contribution in [-0.2, 0) is 12.8 Å². The maximum Gasteiger partial charge on any atom is 0.0682 e. The van der Waals surface area contributed by atoms with Crippen LogP contribution in [-0.4, -0.2) is 9.38 Å². The average Bonchev–Trinajstić information content (AvgIpc) is 2.79. The van der Waals surface area contributed by atoms with Gasteiger partial charge in [0.25, 0.3) is 0 Å². The number of halogens is 2. The first-order chi connectivity index (χ1) is 9.22. The summed E-state index contributed by atoms with van der Waals surface area (Å²) in [5.74, 6) is 0. The second-order valence-electron chi connectivity index (χ2n) is 4.45. The fraction of sp³-hybridized carbons (Fsp3) is 0.133. The van der Waals surface area contributed by atoms with Crippen molar-refractivity contribution in [2.45, 2.75) is 12.8 Å². The lowest BCUT2D eigenvalue weighted by molar-refractivity contribution is 0.907. The van der Waals surface area contributed by atoms with Crippen molar-refractivity contribution in [1.82, 2.24) is 9.38 Å². The lowest BCUT2D eigenvalue weighted by atomic mass is 10.1. The maximum absolute atomic E-state index is 6.03. The van der Waals surface area contributed by atoms with Crippen LogP contribution in [0.1, 0.15) is 11.3 Å². The van der Waals surface area contributed by atoms with Crippen molar-refractivity contribution in [2.24, 2.45) is 0 Å². The minimum atomic E-state index is 0.737. The predicted octanol–water partition coefficient (Wildman–Crippen LogP) is 4.43. The van der Waals surface area contributed by atoms with Gasteiger partial charge in [0.1, 0.15) is 0 Å². The van der Waals surface area contributed by atoms with Crippen LogP contribution < -0.4 is 0 Å². The largest absolute Gasteiger partial charge is 0.319 e. The van der Waals surface area contributed by atoms with E-state index >= 15 is 0 Å².